The highest BCUT2D eigenvalue weighted by atomic mass is 16.7. The predicted molar refractivity (Wildman–Crippen MR) is 108 cm³/mol. The minimum atomic E-state index is -0.729. The molecule has 0 aliphatic carbocycles. The molecule has 29 heavy (non-hydrogen) atoms. The van der Waals surface area contributed by atoms with Crippen LogP contribution in [0.1, 0.15) is 18.5 Å². The summed E-state index contributed by atoms with van der Waals surface area (Å²) in [7, 11) is 0. The van der Waals surface area contributed by atoms with Crippen molar-refractivity contribution in [3.05, 3.63) is 76.6 Å². The van der Waals surface area contributed by atoms with Crippen molar-refractivity contribution in [3.63, 3.8) is 0 Å². The minimum absolute atomic E-state index is 0.186. The van der Waals surface area contributed by atoms with Crippen LogP contribution in [0.3, 0.4) is 0 Å². The number of fused-ring (bicyclic) bond motifs is 1. The zero-order valence-electron chi connectivity index (χ0n) is 16.0. The summed E-state index contributed by atoms with van der Waals surface area (Å²) in [6.07, 6.45) is 0.721. The first-order valence-corrected chi connectivity index (χ1v) is 9.43. The first-order valence-electron chi connectivity index (χ1n) is 9.43. The van der Waals surface area contributed by atoms with E-state index < -0.39 is 6.04 Å². The van der Waals surface area contributed by atoms with Crippen molar-refractivity contribution in [1.29, 1.82) is 0 Å². The van der Waals surface area contributed by atoms with E-state index in [4.69, 9.17) is 9.47 Å². The lowest BCUT2D eigenvalue weighted by Gasteiger charge is -2.15. The van der Waals surface area contributed by atoms with Gasteiger partial charge >= 0.3 is 0 Å². The third kappa shape index (κ3) is 4.13. The monoisotopic (exact) mass is 391 g/mol. The molecule has 7 heteroatoms. The number of amides is 1. The summed E-state index contributed by atoms with van der Waals surface area (Å²) in [5.74, 6) is 1.06. The minimum Gasteiger partial charge on any atom is -0.454 e. The Hall–Kier alpha value is -3.61. The number of benzene rings is 2. The number of nitrogens with zero attached hydrogens (tertiary/aromatic N) is 2. The Morgan fingerprint density at radius 3 is 2.72 bits per heavy atom. The molecule has 1 N–H and O–H groups in total. The zero-order chi connectivity index (χ0) is 20.2. The molecule has 0 spiro atoms. The summed E-state index contributed by atoms with van der Waals surface area (Å²) in [5, 5.41) is 7.28. The number of nitrogens with one attached hydrogen (secondary N) is 1. The Morgan fingerprint density at radius 1 is 1.10 bits per heavy atom. The van der Waals surface area contributed by atoms with Crippen molar-refractivity contribution in [2.75, 3.05) is 13.3 Å². The number of carbonyl (C=O) groups excluding carboxylic acids is 1. The summed E-state index contributed by atoms with van der Waals surface area (Å²) >= 11 is 0. The van der Waals surface area contributed by atoms with Crippen molar-refractivity contribution in [3.8, 4) is 22.8 Å². The highest BCUT2D eigenvalue weighted by Crippen LogP contribution is 2.35. The van der Waals surface area contributed by atoms with E-state index in [0.29, 0.717) is 23.7 Å². The van der Waals surface area contributed by atoms with Crippen molar-refractivity contribution in [2.45, 2.75) is 19.4 Å². The molecular weight excluding hydrogens is 370 g/mol. The van der Waals surface area contributed by atoms with Gasteiger partial charge in [0.15, 0.2) is 11.5 Å². The fourth-order valence-corrected chi connectivity index (χ4v) is 3.15. The van der Waals surface area contributed by atoms with E-state index in [0.717, 1.165) is 17.5 Å². The van der Waals surface area contributed by atoms with Crippen LogP contribution in [0.2, 0.25) is 0 Å². The standard InChI is InChI=1S/C22H21N3O4/c1-15(22(27)23-12-11-16-5-3-2-4-6-16)25-21(26)10-8-18(24-25)17-7-9-19-20(13-17)29-14-28-19/h2-10,13,15H,11-12,14H2,1H3,(H,23,27). The van der Waals surface area contributed by atoms with Gasteiger partial charge in [-0.2, -0.15) is 5.10 Å². The lowest BCUT2D eigenvalue weighted by Crippen LogP contribution is -2.37. The van der Waals surface area contributed by atoms with E-state index >= 15 is 0 Å². The van der Waals surface area contributed by atoms with Crippen LogP contribution in [0.4, 0.5) is 0 Å². The fraction of sp³-hybridized carbons (Fsp3) is 0.227. The molecule has 1 atom stereocenters. The van der Waals surface area contributed by atoms with Gasteiger partial charge in [0.2, 0.25) is 12.7 Å². The first-order chi connectivity index (χ1) is 14.1. The quantitative estimate of drug-likeness (QED) is 0.698. The molecule has 0 radical (unpaired) electrons. The Balaban J connectivity index is 1.48. The number of aromatic nitrogens is 2. The fourth-order valence-electron chi connectivity index (χ4n) is 3.15. The third-order valence-electron chi connectivity index (χ3n) is 4.80. The molecule has 1 aliphatic heterocycles. The Morgan fingerprint density at radius 2 is 1.90 bits per heavy atom. The highest BCUT2D eigenvalue weighted by Gasteiger charge is 2.19. The number of ether oxygens (including phenoxy) is 2. The predicted octanol–water partition coefficient (Wildman–Crippen LogP) is 2.56. The Bertz CT molecular complexity index is 1080. The number of carbonyl (C=O) groups is 1. The molecular formula is C22H21N3O4. The molecule has 4 rings (SSSR count). The van der Waals surface area contributed by atoms with Crippen LogP contribution >= 0.6 is 0 Å². The highest BCUT2D eigenvalue weighted by molar-refractivity contribution is 5.79. The van der Waals surface area contributed by atoms with Crippen LogP contribution in [0, 0.1) is 0 Å². The molecule has 0 bridgehead atoms. The second-order valence-electron chi connectivity index (χ2n) is 6.77. The van der Waals surface area contributed by atoms with Gasteiger partial charge in [0.05, 0.1) is 5.69 Å². The lowest BCUT2D eigenvalue weighted by atomic mass is 10.1. The van der Waals surface area contributed by atoms with Crippen molar-refractivity contribution < 1.29 is 14.3 Å². The van der Waals surface area contributed by atoms with E-state index in [9.17, 15) is 9.59 Å². The average molecular weight is 391 g/mol. The summed E-state index contributed by atoms with van der Waals surface area (Å²) < 4.78 is 11.9. The molecule has 2 heterocycles. The van der Waals surface area contributed by atoms with E-state index in [1.807, 2.05) is 42.5 Å². The largest absolute Gasteiger partial charge is 0.454 e. The topological polar surface area (TPSA) is 82.5 Å². The second-order valence-corrected chi connectivity index (χ2v) is 6.77. The zero-order valence-corrected chi connectivity index (χ0v) is 16.0. The molecule has 148 valence electrons. The number of rotatable bonds is 6. The normalized spacial score (nSPS) is 13.1. The van der Waals surface area contributed by atoms with E-state index in [2.05, 4.69) is 10.4 Å². The SMILES string of the molecule is CC(C(=O)NCCc1ccccc1)n1nc(-c2ccc3c(c2)OCO3)ccc1=O. The first kappa shape index (κ1) is 18.7. The molecule has 1 unspecified atom stereocenters. The molecule has 0 saturated carbocycles. The Kier molecular flexibility index (Phi) is 5.29. The maximum atomic E-state index is 12.5. The van der Waals surface area contributed by atoms with Crippen molar-refractivity contribution in [2.24, 2.45) is 0 Å². The van der Waals surface area contributed by atoms with Gasteiger partial charge in [0, 0.05) is 18.2 Å². The molecule has 1 aliphatic rings. The van der Waals surface area contributed by atoms with Gasteiger partial charge in [-0.25, -0.2) is 4.68 Å². The molecule has 0 fully saturated rings. The van der Waals surface area contributed by atoms with E-state index in [1.54, 1.807) is 19.1 Å². The Labute approximate surface area is 167 Å². The molecule has 1 aromatic heterocycles. The molecule has 0 saturated heterocycles. The van der Waals surface area contributed by atoms with Crippen molar-refractivity contribution in [1.82, 2.24) is 15.1 Å². The van der Waals surface area contributed by atoms with Crippen LogP contribution in [0.5, 0.6) is 11.5 Å². The van der Waals surface area contributed by atoms with Crippen LogP contribution in [-0.4, -0.2) is 29.0 Å². The molecule has 7 nitrogen and oxygen atoms in total. The smallest absolute Gasteiger partial charge is 0.267 e. The van der Waals surface area contributed by atoms with Gasteiger partial charge in [-0.1, -0.05) is 30.3 Å². The van der Waals surface area contributed by atoms with Gasteiger partial charge in [0.1, 0.15) is 6.04 Å². The maximum Gasteiger partial charge on any atom is 0.267 e. The molecule has 1 amide bonds. The molecule has 3 aromatic rings. The summed E-state index contributed by atoms with van der Waals surface area (Å²) in [6.45, 7) is 2.34. The van der Waals surface area contributed by atoms with Crippen LogP contribution < -0.4 is 20.3 Å². The van der Waals surface area contributed by atoms with Crippen LogP contribution in [0.25, 0.3) is 11.3 Å². The molecule has 2 aromatic carbocycles. The van der Waals surface area contributed by atoms with Gasteiger partial charge in [0.25, 0.3) is 5.56 Å². The van der Waals surface area contributed by atoms with Crippen LogP contribution in [-0.2, 0) is 11.2 Å². The second kappa shape index (κ2) is 8.18. The lowest BCUT2D eigenvalue weighted by molar-refractivity contribution is -0.124. The van der Waals surface area contributed by atoms with Gasteiger partial charge in [-0.05, 0) is 43.2 Å². The maximum absolute atomic E-state index is 12.5. The summed E-state index contributed by atoms with van der Waals surface area (Å²) in [5.41, 5.74) is 2.16. The summed E-state index contributed by atoms with van der Waals surface area (Å²) in [6, 6.07) is 17.7. The van der Waals surface area contributed by atoms with Gasteiger partial charge in [-0.3, -0.25) is 9.59 Å². The van der Waals surface area contributed by atoms with Gasteiger partial charge < -0.3 is 14.8 Å². The van der Waals surface area contributed by atoms with Gasteiger partial charge in [-0.15, -0.1) is 0 Å². The average Bonchev–Trinajstić information content (AvgIpc) is 3.22. The third-order valence-corrected chi connectivity index (χ3v) is 4.80. The number of hydrogen-bond donors (Lipinski definition) is 1. The summed E-state index contributed by atoms with van der Waals surface area (Å²) in [4.78, 5) is 24.8. The van der Waals surface area contributed by atoms with Crippen molar-refractivity contribution >= 4 is 5.91 Å². The number of hydrogen-bond acceptors (Lipinski definition) is 5. The van der Waals surface area contributed by atoms with Crippen LogP contribution in [0.15, 0.2) is 65.5 Å². The van der Waals surface area contributed by atoms with E-state index in [1.165, 1.54) is 10.7 Å². The van der Waals surface area contributed by atoms with E-state index in [-0.39, 0.29) is 18.3 Å².